The number of hydrogen-bond donors (Lipinski definition) is 0. The number of aldehydes is 1. The molecular formula is C11H9BrFN3O. The lowest BCUT2D eigenvalue weighted by Gasteiger charge is -2.10. The predicted octanol–water partition coefficient (Wildman–Crippen LogP) is 2.69. The topological polar surface area (TPSA) is 54.7 Å². The minimum Gasteiger partial charge on any atom is -0.298 e. The van der Waals surface area contributed by atoms with E-state index in [-0.39, 0.29) is 16.3 Å². The van der Waals surface area contributed by atoms with Crippen LogP contribution in [0.3, 0.4) is 0 Å². The van der Waals surface area contributed by atoms with E-state index in [2.05, 4.69) is 30.9 Å². The molecule has 1 aromatic rings. The Morgan fingerprint density at radius 3 is 2.94 bits per heavy atom. The van der Waals surface area contributed by atoms with E-state index in [1.54, 1.807) is 6.21 Å². The molecule has 0 aliphatic carbocycles. The highest BCUT2D eigenvalue weighted by Crippen LogP contribution is 2.17. The lowest BCUT2D eigenvalue weighted by Crippen LogP contribution is -2.11. The zero-order valence-electron chi connectivity index (χ0n) is 8.81. The Bertz CT molecular complexity index is 501. The molecule has 0 fully saturated rings. The number of nitrogens with zero attached hydrogens (tertiary/aromatic N) is 3. The molecule has 1 unspecified atom stereocenters. The second-order valence-electron chi connectivity index (χ2n) is 3.52. The van der Waals surface area contributed by atoms with Gasteiger partial charge < -0.3 is 0 Å². The first kappa shape index (κ1) is 12.0. The SMILES string of the molecule is O=Cc1ccc(N=C2C=NC(Br)CC2)nc1F. The summed E-state index contributed by atoms with van der Waals surface area (Å²) in [7, 11) is 0. The monoisotopic (exact) mass is 297 g/mol. The quantitative estimate of drug-likeness (QED) is 0.365. The van der Waals surface area contributed by atoms with E-state index < -0.39 is 5.95 Å². The van der Waals surface area contributed by atoms with Crippen molar-refractivity contribution in [2.75, 3.05) is 0 Å². The van der Waals surface area contributed by atoms with Crippen LogP contribution in [0.5, 0.6) is 0 Å². The number of hydrogen-bond acceptors (Lipinski definition) is 4. The molecule has 17 heavy (non-hydrogen) atoms. The minimum absolute atomic E-state index is 0.0632. The Kier molecular flexibility index (Phi) is 3.73. The highest BCUT2D eigenvalue weighted by Gasteiger charge is 2.10. The van der Waals surface area contributed by atoms with Gasteiger partial charge in [-0.15, -0.1) is 0 Å². The maximum Gasteiger partial charge on any atom is 0.225 e. The van der Waals surface area contributed by atoms with Crippen LogP contribution < -0.4 is 0 Å². The number of alkyl halides is 1. The molecule has 2 heterocycles. The normalized spacial score (nSPS) is 21.8. The summed E-state index contributed by atoms with van der Waals surface area (Å²) in [5.74, 6) is -0.546. The first-order valence-corrected chi connectivity index (χ1v) is 5.97. The van der Waals surface area contributed by atoms with Crippen molar-refractivity contribution < 1.29 is 9.18 Å². The van der Waals surface area contributed by atoms with Gasteiger partial charge in [0.15, 0.2) is 12.1 Å². The van der Waals surface area contributed by atoms with Gasteiger partial charge in [-0.25, -0.2) is 4.99 Å². The van der Waals surface area contributed by atoms with Crippen LogP contribution in [0.15, 0.2) is 22.1 Å². The van der Waals surface area contributed by atoms with Gasteiger partial charge in [0.25, 0.3) is 0 Å². The Morgan fingerprint density at radius 2 is 2.35 bits per heavy atom. The fourth-order valence-electron chi connectivity index (χ4n) is 1.39. The Hall–Kier alpha value is -1.43. The number of carbonyl (C=O) groups is 1. The maximum atomic E-state index is 13.2. The molecule has 0 saturated heterocycles. The van der Waals surface area contributed by atoms with E-state index in [1.807, 2.05) is 0 Å². The van der Waals surface area contributed by atoms with Crippen LogP contribution >= 0.6 is 15.9 Å². The molecular weight excluding hydrogens is 289 g/mol. The van der Waals surface area contributed by atoms with Gasteiger partial charge >= 0.3 is 0 Å². The summed E-state index contributed by atoms with van der Waals surface area (Å²) < 4.78 is 13.2. The summed E-state index contributed by atoms with van der Waals surface area (Å²) in [4.78, 5) is 22.5. The summed E-state index contributed by atoms with van der Waals surface area (Å²) in [6, 6.07) is 2.87. The predicted molar refractivity (Wildman–Crippen MR) is 67.1 cm³/mol. The first-order valence-electron chi connectivity index (χ1n) is 5.05. The lowest BCUT2D eigenvalue weighted by atomic mass is 10.2. The van der Waals surface area contributed by atoms with Gasteiger partial charge in [0.2, 0.25) is 5.95 Å². The smallest absolute Gasteiger partial charge is 0.225 e. The van der Waals surface area contributed by atoms with Crippen molar-refractivity contribution >= 4 is 40.0 Å². The standard InChI is InChI=1S/C11H9BrFN3O/c12-9-3-2-8(5-14-9)15-10-4-1-7(6-17)11(13)16-10/h1,4-6,9H,2-3H2. The summed E-state index contributed by atoms with van der Waals surface area (Å²) in [5, 5.41) is 0. The van der Waals surface area contributed by atoms with Crippen LogP contribution in [0, 0.1) is 5.95 Å². The lowest BCUT2D eigenvalue weighted by molar-refractivity contribution is 0.111. The molecule has 1 atom stereocenters. The summed E-state index contributed by atoms with van der Waals surface area (Å²) in [6.07, 6.45) is 3.69. The third-order valence-electron chi connectivity index (χ3n) is 2.27. The Labute approximate surface area is 106 Å². The molecule has 1 aliphatic rings. The van der Waals surface area contributed by atoms with E-state index >= 15 is 0 Å². The zero-order chi connectivity index (χ0) is 12.3. The number of carbonyl (C=O) groups excluding carboxylic acids is 1. The van der Waals surface area contributed by atoms with Gasteiger partial charge in [-0.2, -0.15) is 9.37 Å². The Balaban J connectivity index is 2.24. The molecule has 4 nitrogen and oxygen atoms in total. The van der Waals surface area contributed by atoms with Crippen molar-refractivity contribution in [3.63, 3.8) is 0 Å². The number of pyridine rings is 1. The molecule has 6 heteroatoms. The van der Waals surface area contributed by atoms with E-state index in [4.69, 9.17) is 0 Å². The van der Waals surface area contributed by atoms with E-state index in [1.165, 1.54) is 12.1 Å². The second-order valence-corrected chi connectivity index (χ2v) is 4.58. The number of aromatic nitrogens is 1. The van der Waals surface area contributed by atoms with Crippen LogP contribution in [-0.2, 0) is 0 Å². The molecule has 88 valence electrons. The fraction of sp³-hybridized carbons (Fsp3) is 0.273. The minimum atomic E-state index is -0.798. The highest BCUT2D eigenvalue weighted by molar-refractivity contribution is 9.09. The number of aliphatic imine (C=N–C) groups is 2. The van der Waals surface area contributed by atoms with Crippen LogP contribution in [0.25, 0.3) is 0 Å². The van der Waals surface area contributed by atoms with Crippen molar-refractivity contribution in [2.45, 2.75) is 17.8 Å². The second kappa shape index (κ2) is 5.27. The van der Waals surface area contributed by atoms with Crippen molar-refractivity contribution in [3.05, 3.63) is 23.6 Å². The molecule has 0 N–H and O–H groups in total. The van der Waals surface area contributed by atoms with Gasteiger partial charge in [-0.05, 0) is 25.0 Å². The summed E-state index contributed by atoms with van der Waals surface area (Å²) in [6.45, 7) is 0. The molecule has 2 rings (SSSR count). The van der Waals surface area contributed by atoms with Crippen molar-refractivity contribution in [3.8, 4) is 0 Å². The zero-order valence-corrected chi connectivity index (χ0v) is 10.4. The number of rotatable bonds is 2. The van der Waals surface area contributed by atoms with Crippen molar-refractivity contribution in [1.29, 1.82) is 0 Å². The fourth-order valence-corrected chi connectivity index (χ4v) is 1.74. The molecule has 1 aliphatic heterocycles. The van der Waals surface area contributed by atoms with Gasteiger partial charge in [-0.1, -0.05) is 15.9 Å². The largest absolute Gasteiger partial charge is 0.298 e. The highest BCUT2D eigenvalue weighted by atomic mass is 79.9. The molecule has 0 amide bonds. The molecule has 0 saturated carbocycles. The molecule has 0 bridgehead atoms. The van der Waals surface area contributed by atoms with E-state index in [9.17, 15) is 9.18 Å². The van der Waals surface area contributed by atoms with Crippen LogP contribution in [0.4, 0.5) is 10.2 Å². The van der Waals surface area contributed by atoms with Gasteiger partial charge in [0, 0.05) is 6.21 Å². The Morgan fingerprint density at radius 1 is 1.53 bits per heavy atom. The average molecular weight is 298 g/mol. The summed E-state index contributed by atoms with van der Waals surface area (Å²) >= 11 is 3.36. The molecule has 0 spiro atoms. The van der Waals surface area contributed by atoms with Gasteiger partial charge in [0.1, 0.15) is 4.95 Å². The molecule has 1 aromatic heterocycles. The van der Waals surface area contributed by atoms with E-state index in [0.717, 1.165) is 18.6 Å². The van der Waals surface area contributed by atoms with Crippen molar-refractivity contribution in [2.24, 2.45) is 9.98 Å². The maximum absolute atomic E-state index is 13.2. The van der Waals surface area contributed by atoms with E-state index in [0.29, 0.717) is 6.29 Å². The third-order valence-corrected chi connectivity index (χ3v) is 2.97. The molecule has 0 radical (unpaired) electrons. The van der Waals surface area contributed by atoms with Gasteiger partial charge in [-0.3, -0.25) is 9.79 Å². The van der Waals surface area contributed by atoms with Crippen LogP contribution in [-0.4, -0.2) is 28.1 Å². The number of halogens is 2. The van der Waals surface area contributed by atoms with Crippen LogP contribution in [0.1, 0.15) is 23.2 Å². The molecule has 0 aromatic carbocycles. The summed E-state index contributed by atoms with van der Waals surface area (Å²) in [5.41, 5.74) is 0.693. The third kappa shape index (κ3) is 3.03. The average Bonchev–Trinajstić information content (AvgIpc) is 2.32. The van der Waals surface area contributed by atoms with Crippen molar-refractivity contribution in [1.82, 2.24) is 4.98 Å². The van der Waals surface area contributed by atoms with Gasteiger partial charge in [0.05, 0.1) is 11.3 Å². The van der Waals surface area contributed by atoms with Crippen LogP contribution in [0.2, 0.25) is 0 Å². The first-order chi connectivity index (χ1) is 8.19.